The van der Waals surface area contributed by atoms with Gasteiger partial charge in [0.05, 0.1) is 3.70 Å². The molecular formula is C22H19IN2O. The van der Waals surface area contributed by atoms with E-state index in [-0.39, 0.29) is 5.56 Å². The molecule has 0 saturated heterocycles. The topological polar surface area (TPSA) is 26.9 Å². The van der Waals surface area contributed by atoms with Crippen molar-refractivity contribution < 1.29 is 0 Å². The van der Waals surface area contributed by atoms with Gasteiger partial charge in [0.15, 0.2) is 0 Å². The predicted octanol–water partition coefficient (Wildman–Crippen LogP) is 4.83. The first-order valence-corrected chi connectivity index (χ1v) is 9.63. The Kier molecular flexibility index (Phi) is 4.44. The number of hydrogen-bond donors (Lipinski definition) is 0. The van der Waals surface area contributed by atoms with Gasteiger partial charge in [-0.15, -0.1) is 0 Å². The number of benzene rings is 2. The van der Waals surface area contributed by atoms with E-state index < -0.39 is 0 Å². The molecule has 0 atom stereocenters. The van der Waals surface area contributed by atoms with E-state index in [1.807, 2.05) is 31.4 Å². The lowest BCUT2D eigenvalue weighted by atomic mass is 10.0. The number of nitrogens with zero attached hydrogens (tertiary/aromatic N) is 2. The molecule has 3 nitrogen and oxygen atoms in total. The number of pyridine rings is 1. The van der Waals surface area contributed by atoms with Crippen LogP contribution in [0.25, 0.3) is 16.6 Å². The van der Waals surface area contributed by atoms with E-state index in [2.05, 4.69) is 76.5 Å². The van der Waals surface area contributed by atoms with E-state index in [1.165, 1.54) is 11.1 Å². The SMILES string of the molecule is Cc1ccccc1-n1c(I)cc2c(Cc3ccccc3)cn(C)c(=O)c21. The summed E-state index contributed by atoms with van der Waals surface area (Å²) >= 11 is 2.32. The van der Waals surface area contributed by atoms with Gasteiger partial charge in [-0.3, -0.25) is 9.36 Å². The normalized spacial score (nSPS) is 11.2. The molecule has 0 amide bonds. The van der Waals surface area contributed by atoms with Crippen LogP contribution in [-0.2, 0) is 13.5 Å². The lowest BCUT2D eigenvalue weighted by Gasteiger charge is -2.12. The molecule has 0 aliphatic rings. The van der Waals surface area contributed by atoms with Crippen LogP contribution in [0.2, 0.25) is 0 Å². The van der Waals surface area contributed by atoms with Crippen molar-refractivity contribution in [2.45, 2.75) is 13.3 Å². The maximum atomic E-state index is 13.0. The summed E-state index contributed by atoms with van der Waals surface area (Å²) in [5, 5.41) is 1.03. The van der Waals surface area contributed by atoms with Crippen LogP contribution in [0.4, 0.5) is 0 Å². The van der Waals surface area contributed by atoms with Crippen LogP contribution < -0.4 is 5.56 Å². The molecule has 0 radical (unpaired) electrons. The minimum Gasteiger partial charge on any atom is -0.316 e. The molecule has 0 N–H and O–H groups in total. The molecule has 0 aliphatic heterocycles. The first-order valence-electron chi connectivity index (χ1n) is 8.55. The third-order valence-corrected chi connectivity index (χ3v) is 5.56. The molecule has 4 rings (SSSR count). The highest BCUT2D eigenvalue weighted by molar-refractivity contribution is 14.1. The average molecular weight is 454 g/mol. The fourth-order valence-corrected chi connectivity index (χ4v) is 4.28. The zero-order chi connectivity index (χ0) is 18.3. The van der Waals surface area contributed by atoms with E-state index in [9.17, 15) is 4.79 Å². The smallest absolute Gasteiger partial charge is 0.275 e. The van der Waals surface area contributed by atoms with Gasteiger partial charge in [-0.05, 0) is 64.8 Å². The molecule has 0 saturated carbocycles. The van der Waals surface area contributed by atoms with Crippen molar-refractivity contribution in [2.24, 2.45) is 7.05 Å². The number of rotatable bonds is 3. The molecule has 4 aromatic rings. The second kappa shape index (κ2) is 6.76. The third-order valence-electron chi connectivity index (χ3n) is 4.77. The van der Waals surface area contributed by atoms with Gasteiger partial charge >= 0.3 is 0 Å². The quantitative estimate of drug-likeness (QED) is 0.408. The molecule has 130 valence electrons. The zero-order valence-corrected chi connectivity index (χ0v) is 16.9. The highest BCUT2D eigenvalue weighted by atomic mass is 127. The summed E-state index contributed by atoms with van der Waals surface area (Å²) in [5.74, 6) is 0. The van der Waals surface area contributed by atoms with Gasteiger partial charge in [0.25, 0.3) is 5.56 Å². The largest absolute Gasteiger partial charge is 0.316 e. The van der Waals surface area contributed by atoms with Gasteiger partial charge in [-0.25, -0.2) is 0 Å². The van der Waals surface area contributed by atoms with Crippen molar-refractivity contribution in [2.75, 3.05) is 0 Å². The summed E-state index contributed by atoms with van der Waals surface area (Å²) in [6.07, 6.45) is 2.77. The van der Waals surface area contributed by atoms with Crippen molar-refractivity contribution >= 4 is 33.5 Å². The van der Waals surface area contributed by atoms with Crippen LogP contribution in [0.15, 0.2) is 71.7 Å². The lowest BCUT2D eigenvalue weighted by molar-refractivity contribution is 0.851. The van der Waals surface area contributed by atoms with E-state index in [4.69, 9.17) is 0 Å². The third kappa shape index (κ3) is 2.88. The molecule has 2 heterocycles. The average Bonchev–Trinajstić information content (AvgIpc) is 2.98. The van der Waals surface area contributed by atoms with E-state index in [0.717, 1.165) is 32.3 Å². The molecule has 2 aromatic heterocycles. The first kappa shape index (κ1) is 17.1. The van der Waals surface area contributed by atoms with Gasteiger partial charge in [-0.1, -0.05) is 48.5 Å². The summed E-state index contributed by atoms with van der Waals surface area (Å²) < 4.78 is 4.83. The second-order valence-corrected chi connectivity index (χ2v) is 7.69. The summed E-state index contributed by atoms with van der Waals surface area (Å²) in [7, 11) is 1.83. The summed E-state index contributed by atoms with van der Waals surface area (Å²) in [4.78, 5) is 13.0. The predicted molar refractivity (Wildman–Crippen MR) is 115 cm³/mol. The number of para-hydroxylation sites is 1. The molecular weight excluding hydrogens is 435 g/mol. The highest BCUT2D eigenvalue weighted by Crippen LogP contribution is 2.28. The van der Waals surface area contributed by atoms with Crippen LogP contribution in [0.1, 0.15) is 16.7 Å². The lowest BCUT2D eigenvalue weighted by Crippen LogP contribution is -2.20. The van der Waals surface area contributed by atoms with E-state index in [1.54, 1.807) is 4.57 Å². The Balaban J connectivity index is 2.01. The minimum absolute atomic E-state index is 0.0305. The van der Waals surface area contributed by atoms with Crippen molar-refractivity contribution in [3.63, 3.8) is 0 Å². The van der Waals surface area contributed by atoms with Crippen molar-refractivity contribution in [3.05, 3.63) is 97.6 Å². The second-order valence-electron chi connectivity index (χ2n) is 6.58. The van der Waals surface area contributed by atoms with Gasteiger partial charge in [0, 0.05) is 24.3 Å². The summed E-state index contributed by atoms with van der Waals surface area (Å²) in [6, 6.07) is 20.7. The summed E-state index contributed by atoms with van der Waals surface area (Å²) in [5.41, 5.74) is 5.39. The Hall–Kier alpha value is -2.34. The molecule has 0 unspecified atom stereocenters. The standard InChI is InChI=1S/C22H19IN2O/c1-15-8-6-7-11-19(15)25-20(23)13-18-17(12-16-9-4-3-5-10-16)14-24(2)22(26)21(18)25/h3-11,13-14H,12H2,1-2H3. The van der Waals surface area contributed by atoms with Crippen LogP contribution in [0.5, 0.6) is 0 Å². The van der Waals surface area contributed by atoms with E-state index >= 15 is 0 Å². The number of halogens is 1. The minimum atomic E-state index is 0.0305. The van der Waals surface area contributed by atoms with Crippen molar-refractivity contribution in [3.8, 4) is 5.69 Å². The van der Waals surface area contributed by atoms with Crippen LogP contribution >= 0.6 is 22.6 Å². The highest BCUT2D eigenvalue weighted by Gasteiger charge is 2.17. The molecule has 26 heavy (non-hydrogen) atoms. The fourth-order valence-electron chi connectivity index (χ4n) is 3.47. The number of aryl methyl sites for hydroxylation is 2. The number of aromatic nitrogens is 2. The monoisotopic (exact) mass is 454 g/mol. The van der Waals surface area contributed by atoms with Gasteiger partial charge < -0.3 is 4.57 Å². The molecule has 0 bridgehead atoms. The Morgan fingerprint density at radius 2 is 1.69 bits per heavy atom. The zero-order valence-electron chi connectivity index (χ0n) is 14.7. The molecule has 0 spiro atoms. The van der Waals surface area contributed by atoms with Crippen molar-refractivity contribution in [1.82, 2.24) is 9.13 Å². The Morgan fingerprint density at radius 3 is 2.42 bits per heavy atom. The number of fused-ring (bicyclic) bond motifs is 1. The van der Waals surface area contributed by atoms with Crippen LogP contribution in [0.3, 0.4) is 0 Å². The van der Waals surface area contributed by atoms with Gasteiger partial charge in [0.1, 0.15) is 5.52 Å². The Morgan fingerprint density at radius 1 is 1.00 bits per heavy atom. The first-order chi connectivity index (χ1) is 12.6. The molecule has 4 heteroatoms. The van der Waals surface area contributed by atoms with Crippen LogP contribution in [0, 0.1) is 10.6 Å². The molecule has 2 aromatic carbocycles. The molecule has 0 fully saturated rings. The Labute approximate surface area is 166 Å². The maximum Gasteiger partial charge on any atom is 0.275 e. The number of hydrogen-bond acceptors (Lipinski definition) is 1. The van der Waals surface area contributed by atoms with Gasteiger partial charge in [0.2, 0.25) is 0 Å². The maximum absolute atomic E-state index is 13.0. The van der Waals surface area contributed by atoms with Crippen molar-refractivity contribution in [1.29, 1.82) is 0 Å². The Bertz CT molecular complexity index is 1160. The van der Waals surface area contributed by atoms with Crippen LogP contribution in [-0.4, -0.2) is 9.13 Å². The van der Waals surface area contributed by atoms with E-state index in [0.29, 0.717) is 0 Å². The molecule has 0 aliphatic carbocycles. The van der Waals surface area contributed by atoms with Gasteiger partial charge in [-0.2, -0.15) is 0 Å². The fraction of sp³-hybridized carbons (Fsp3) is 0.136. The summed E-state index contributed by atoms with van der Waals surface area (Å²) in [6.45, 7) is 2.08.